The van der Waals surface area contributed by atoms with Gasteiger partial charge in [-0.25, -0.2) is 0 Å². The summed E-state index contributed by atoms with van der Waals surface area (Å²) in [6.07, 6.45) is 0.891. The summed E-state index contributed by atoms with van der Waals surface area (Å²) in [6.45, 7) is 8.65. The lowest BCUT2D eigenvalue weighted by Crippen LogP contribution is -2.17. The highest BCUT2D eigenvalue weighted by molar-refractivity contribution is 6.76. The first-order valence-corrected chi connectivity index (χ1v) is 3.24. The summed E-state index contributed by atoms with van der Waals surface area (Å²) in [5.74, 6) is 5.96. The SMILES string of the molecule is CC#CC[B-](C)(C)C. The Morgan fingerprint density at radius 1 is 1.25 bits per heavy atom. The molecule has 0 aromatic rings. The van der Waals surface area contributed by atoms with Gasteiger partial charge in [0, 0.05) is 6.15 Å². The predicted molar refractivity (Wildman–Crippen MR) is 41.6 cm³/mol. The minimum absolute atomic E-state index is 0.175. The van der Waals surface area contributed by atoms with Gasteiger partial charge in [0.2, 0.25) is 0 Å². The molecule has 0 heterocycles. The van der Waals surface area contributed by atoms with Crippen LogP contribution in [0.1, 0.15) is 6.92 Å². The zero-order valence-electron chi connectivity index (χ0n) is 6.28. The third kappa shape index (κ3) is 5.62. The van der Waals surface area contributed by atoms with Crippen molar-refractivity contribution >= 4 is 6.15 Å². The first kappa shape index (κ1) is 7.62. The Bertz CT molecular complexity index is 109. The molecule has 0 aromatic heterocycles. The molecule has 0 spiro atoms. The van der Waals surface area contributed by atoms with Crippen LogP contribution in [-0.4, -0.2) is 6.15 Å². The van der Waals surface area contributed by atoms with Crippen molar-refractivity contribution in [2.24, 2.45) is 0 Å². The molecule has 0 aliphatic heterocycles. The van der Waals surface area contributed by atoms with Gasteiger partial charge in [0.1, 0.15) is 0 Å². The Kier molecular flexibility index (Phi) is 2.69. The quantitative estimate of drug-likeness (QED) is 0.358. The van der Waals surface area contributed by atoms with Crippen molar-refractivity contribution in [1.82, 2.24) is 0 Å². The molecule has 0 saturated carbocycles. The molecule has 0 aliphatic carbocycles. The van der Waals surface area contributed by atoms with E-state index in [4.69, 9.17) is 0 Å². The number of hydrogen-bond donors (Lipinski definition) is 0. The van der Waals surface area contributed by atoms with Crippen molar-refractivity contribution in [2.45, 2.75) is 33.7 Å². The molecule has 0 amide bonds. The molecule has 0 unspecified atom stereocenters. The Balaban J connectivity index is 3.50. The van der Waals surface area contributed by atoms with E-state index in [2.05, 4.69) is 32.3 Å². The Morgan fingerprint density at radius 2 is 1.75 bits per heavy atom. The summed E-state index contributed by atoms with van der Waals surface area (Å²) in [4.78, 5) is 0. The Labute approximate surface area is 52.6 Å². The van der Waals surface area contributed by atoms with Crippen LogP contribution in [0.4, 0.5) is 0 Å². The normalized spacial score (nSPS) is 10.0. The molecular weight excluding hydrogens is 94.9 g/mol. The molecule has 0 N–H and O–H groups in total. The average Bonchev–Trinajstić information content (AvgIpc) is 1.59. The van der Waals surface area contributed by atoms with Crippen LogP contribution in [0.25, 0.3) is 0 Å². The van der Waals surface area contributed by atoms with Crippen LogP contribution in [0.5, 0.6) is 0 Å². The standard InChI is InChI=1S/C7H14B/c1-5-6-7-8(2,3)4/h7H2,1-4H3/q-1. The first-order chi connectivity index (χ1) is 3.56. The van der Waals surface area contributed by atoms with E-state index in [1.807, 2.05) is 6.92 Å². The topological polar surface area (TPSA) is 0 Å². The fourth-order valence-corrected chi connectivity index (χ4v) is 0.408. The fourth-order valence-electron chi connectivity index (χ4n) is 0.408. The molecule has 0 fully saturated rings. The molecular formula is C7H14B-. The molecule has 0 aromatic carbocycles. The third-order valence-electron chi connectivity index (χ3n) is 0.891. The summed E-state index contributed by atoms with van der Waals surface area (Å²) >= 11 is 0. The summed E-state index contributed by atoms with van der Waals surface area (Å²) in [5, 5.41) is 0. The molecule has 0 rings (SSSR count). The van der Waals surface area contributed by atoms with Gasteiger partial charge in [-0.1, -0.05) is 0 Å². The minimum Gasteiger partial charge on any atom is -0.190 e. The van der Waals surface area contributed by atoms with Gasteiger partial charge in [0.05, 0.1) is 0 Å². The second-order valence-corrected chi connectivity index (χ2v) is 3.59. The lowest BCUT2D eigenvalue weighted by atomic mass is 9.29. The molecule has 0 atom stereocenters. The van der Waals surface area contributed by atoms with Crippen molar-refractivity contribution in [2.75, 3.05) is 0 Å². The van der Waals surface area contributed by atoms with Crippen molar-refractivity contribution in [3.05, 3.63) is 0 Å². The average molecular weight is 109 g/mol. The van der Waals surface area contributed by atoms with Crippen LogP contribution in [0.15, 0.2) is 0 Å². The smallest absolute Gasteiger partial charge is 0.00378 e. The highest BCUT2D eigenvalue weighted by Gasteiger charge is 2.00. The zero-order chi connectivity index (χ0) is 6.62. The molecule has 0 aliphatic rings. The van der Waals surface area contributed by atoms with Gasteiger partial charge < -0.3 is 0 Å². The van der Waals surface area contributed by atoms with Gasteiger partial charge in [-0.3, -0.25) is 0 Å². The van der Waals surface area contributed by atoms with Gasteiger partial charge in [0.15, 0.2) is 0 Å². The monoisotopic (exact) mass is 109 g/mol. The molecule has 46 valence electrons. The first-order valence-electron chi connectivity index (χ1n) is 3.24. The molecule has 1 heteroatoms. The van der Waals surface area contributed by atoms with E-state index in [0.717, 1.165) is 6.32 Å². The van der Waals surface area contributed by atoms with Crippen molar-refractivity contribution in [3.8, 4) is 11.8 Å². The summed E-state index contributed by atoms with van der Waals surface area (Å²) in [6, 6.07) is 0. The molecule has 0 nitrogen and oxygen atoms in total. The van der Waals surface area contributed by atoms with E-state index >= 15 is 0 Å². The van der Waals surface area contributed by atoms with Crippen molar-refractivity contribution < 1.29 is 0 Å². The van der Waals surface area contributed by atoms with E-state index < -0.39 is 0 Å². The Hall–Kier alpha value is -0.375. The number of hydrogen-bond acceptors (Lipinski definition) is 0. The van der Waals surface area contributed by atoms with Crippen LogP contribution in [-0.2, 0) is 0 Å². The van der Waals surface area contributed by atoms with E-state index in [1.54, 1.807) is 0 Å². The second-order valence-electron chi connectivity index (χ2n) is 3.59. The highest BCUT2D eigenvalue weighted by atomic mass is 13.7. The van der Waals surface area contributed by atoms with Gasteiger partial charge in [-0.2, -0.15) is 20.5 Å². The van der Waals surface area contributed by atoms with Gasteiger partial charge in [-0.05, 0) is 6.92 Å². The molecule has 0 saturated heterocycles. The maximum absolute atomic E-state index is 3.07. The van der Waals surface area contributed by atoms with Gasteiger partial charge in [0.25, 0.3) is 0 Å². The van der Waals surface area contributed by atoms with E-state index in [9.17, 15) is 0 Å². The van der Waals surface area contributed by atoms with E-state index in [-0.39, 0.29) is 6.15 Å². The van der Waals surface area contributed by atoms with E-state index in [1.165, 1.54) is 0 Å². The third-order valence-corrected chi connectivity index (χ3v) is 0.891. The maximum atomic E-state index is 3.07. The second kappa shape index (κ2) is 2.82. The number of rotatable bonds is 1. The van der Waals surface area contributed by atoms with Gasteiger partial charge in [-0.15, -0.1) is 18.2 Å². The van der Waals surface area contributed by atoms with Crippen LogP contribution in [0.2, 0.25) is 26.8 Å². The maximum Gasteiger partial charge on any atom is 0.00378 e. The molecule has 8 heavy (non-hydrogen) atoms. The summed E-state index contributed by atoms with van der Waals surface area (Å²) in [5.41, 5.74) is 0. The lowest BCUT2D eigenvalue weighted by Gasteiger charge is -2.17. The lowest BCUT2D eigenvalue weighted by molar-refractivity contribution is 1.56. The Morgan fingerprint density at radius 3 is 1.88 bits per heavy atom. The fraction of sp³-hybridized carbons (Fsp3) is 0.714. The van der Waals surface area contributed by atoms with Crippen molar-refractivity contribution in [1.29, 1.82) is 0 Å². The minimum atomic E-state index is -0.175. The van der Waals surface area contributed by atoms with Crippen LogP contribution in [0.3, 0.4) is 0 Å². The van der Waals surface area contributed by atoms with Crippen LogP contribution in [0, 0.1) is 11.8 Å². The van der Waals surface area contributed by atoms with Crippen LogP contribution < -0.4 is 0 Å². The van der Waals surface area contributed by atoms with Gasteiger partial charge >= 0.3 is 0 Å². The molecule has 0 radical (unpaired) electrons. The van der Waals surface area contributed by atoms with Crippen LogP contribution >= 0.6 is 0 Å². The predicted octanol–water partition coefficient (Wildman–Crippen LogP) is 2.35. The highest BCUT2D eigenvalue weighted by Crippen LogP contribution is 2.05. The largest absolute Gasteiger partial charge is 0.190 e. The summed E-state index contributed by atoms with van der Waals surface area (Å²) < 4.78 is 0. The van der Waals surface area contributed by atoms with E-state index in [0.29, 0.717) is 0 Å². The summed E-state index contributed by atoms with van der Waals surface area (Å²) in [7, 11) is 0. The zero-order valence-corrected chi connectivity index (χ0v) is 6.28. The molecule has 0 bridgehead atoms. The van der Waals surface area contributed by atoms with Crippen molar-refractivity contribution in [3.63, 3.8) is 0 Å².